The lowest BCUT2D eigenvalue weighted by atomic mass is 9.90. The van der Waals surface area contributed by atoms with Gasteiger partial charge in [0.15, 0.2) is 0 Å². The molecular weight excluding hydrogens is 260 g/mol. The molecule has 0 aromatic carbocycles. The number of rotatable bonds is 1. The number of pyridine rings is 1. The highest BCUT2D eigenvalue weighted by atomic mass is 32.2. The zero-order valence-electron chi connectivity index (χ0n) is 10.5. The number of imidazole rings is 1. The first-order valence-corrected chi connectivity index (χ1v) is 7.99. The summed E-state index contributed by atoms with van der Waals surface area (Å²) in [6.45, 7) is 0. The van der Waals surface area contributed by atoms with Crippen LogP contribution in [0.5, 0.6) is 0 Å². The van der Waals surface area contributed by atoms with Gasteiger partial charge in [0.05, 0.1) is 11.9 Å². The van der Waals surface area contributed by atoms with Gasteiger partial charge in [-0.15, -0.1) is 0 Å². The second kappa shape index (κ2) is 3.90. The Kier molecular flexibility index (Phi) is 2.38. The number of hydrogen-bond acceptors (Lipinski definition) is 3. The molecule has 2 bridgehead atoms. The first-order valence-electron chi connectivity index (χ1n) is 6.72. The Balaban J connectivity index is 1.81. The van der Waals surface area contributed by atoms with Crippen LogP contribution in [0.25, 0.3) is 5.65 Å². The summed E-state index contributed by atoms with van der Waals surface area (Å²) in [6.07, 6.45) is 6.86. The van der Waals surface area contributed by atoms with E-state index in [1.165, 1.54) is 0 Å². The Bertz CT molecular complexity index is 650. The van der Waals surface area contributed by atoms with Crippen LogP contribution in [0, 0.1) is 0 Å². The van der Waals surface area contributed by atoms with Crippen molar-refractivity contribution in [3.8, 4) is 0 Å². The predicted octanol–water partition coefficient (Wildman–Crippen LogP) is 1.60. The molecule has 2 aromatic heterocycles. The van der Waals surface area contributed by atoms with Gasteiger partial charge in [0.1, 0.15) is 11.2 Å². The van der Waals surface area contributed by atoms with Crippen LogP contribution in [-0.4, -0.2) is 29.2 Å². The highest BCUT2D eigenvalue weighted by molar-refractivity contribution is 7.86. The van der Waals surface area contributed by atoms with Crippen molar-refractivity contribution in [2.45, 2.75) is 41.8 Å². The van der Waals surface area contributed by atoms with E-state index in [9.17, 15) is 9.32 Å². The normalized spacial score (nSPS) is 37.8. The van der Waals surface area contributed by atoms with E-state index >= 15 is 0 Å². The van der Waals surface area contributed by atoms with Crippen molar-refractivity contribution in [1.82, 2.24) is 9.38 Å². The molecule has 4 heterocycles. The fourth-order valence-electron chi connectivity index (χ4n) is 3.57. The standard InChI is InChI=1S/C14H16N2O2S/c17-14(7-10-4-5-11(8-14)19(10)18)12-9-15-13-3-1-2-6-16(12)13/h1-3,6,9-11,17H,4-5,7-8H2. The van der Waals surface area contributed by atoms with Crippen LogP contribution in [0.2, 0.25) is 0 Å². The summed E-state index contributed by atoms with van der Waals surface area (Å²) in [4.78, 5) is 4.36. The zero-order valence-corrected chi connectivity index (χ0v) is 11.3. The third kappa shape index (κ3) is 1.61. The Morgan fingerprint density at radius 1 is 1.32 bits per heavy atom. The third-order valence-corrected chi connectivity index (χ3v) is 6.61. The van der Waals surface area contributed by atoms with Gasteiger partial charge in [0, 0.05) is 27.5 Å². The molecule has 0 amide bonds. The van der Waals surface area contributed by atoms with Crippen LogP contribution < -0.4 is 0 Å². The Labute approximate surface area is 113 Å². The fraction of sp³-hybridized carbons (Fsp3) is 0.500. The van der Waals surface area contributed by atoms with E-state index in [-0.39, 0.29) is 10.5 Å². The van der Waals surface area contributed by atoms with Crippen molar-refractivity contribution < 1.29 is 9.32 Å². The SMILES string of the molecule is O=S1C2CCC1CC(O)(c1cnc3ccccn13)C2. The van der Waals surface area contributed by atoms with E-state index in [0.29, 0.717) is 12.8 Å². The zero-order chi connectivity index (χ0) is 13.0. The van der Waals surface area contributed by atoms with Crippen molar-refractivity contribution in [3.05, 3.63) is 36.3 Å². The second-order valence-corrected chi connectivity index (χ2v) is 7.65. The largest absolute Gasteiger partial charge is 0.383 e. The first-order chi connectivity index (χ1) is 9.17. The lowest BCUT2D eigenvalue weighted by Crippen LogP contribution is -2.41. The van der Waals surface area contributed by atoms with E-state index < -0.39 is 16.4 Å². The minimum Gasteiger partial charge on any atom is -0.383 e. The van der Waals surface area contributed by atoms with Crippen molar-refractivity contribution in [2.75, 3.05) is 0 Å². The summed E-state index contributed by atoms with van der Waals surface area (Å²) in [6, 6.07) is 5.81. The highest BCUT2D eigenvalue weighted by Crippen LogP contribution is 2.45. The molecule has 4 nitrogen and oxygen atoms in total. The van der Waals surface area contributed by atoms with Crippen LogP contribution in [0.4, 0.5) is 0 Å². The summed E-state index contributed by atoms with van der Waals surface area (Å²) in [5.74, 6) is 0. The van der Waals surface area contributed by atoms with E-state index in [4.69, 9.17) is 0 Å². The van der Waals surface area contributed by atoms with Crippen LogP contribution >= 0.6 is 0 Å². The van der Waals surface area contributed by atoms with Gasteiger partial charge >= 0.3 is 0 Å². The molecule has 2 fully saturated rings. The van der Waals surface area contributed by atoms with Gasteiger partial charge in [-0.3, -0.25) is 4.21 Å². The molecule has 0 radical (unpaired) electrons. The topological polar surface area (TPSA) is 54.6 Å². The molecule has 2 atom stereocenters. The van der Waals surface area contributed by atoms with Gasteiger partial charge in [-0.25, -0.2) is 4.98 Å². The van der Waals surface area contributed by atoms with Crippen molar-refractivity contribution in [2.24, 2.45) is 0 Å². The average molecular weight is 276 g/mol. The highest BCUT2D eigenvalue weighted by Gasteiger charge is 2.49. The first kappa shape index (κ1) is 11.6. The number of hydrogen-bond donors (Lipinski definition) is 1. The van der Waals surface area contributed by atoms with Gasteiger partial charge in [0.25, 0.3) is 0 Å². The maximum atomic E-state index is 12.1. The van der Waals surface area contributed by atoms with Crippen molar-refractivity contribution in [3.63, 3.8) is 0 Å². The molecular formula is C14H16N2O2S. The maximum Gasteiger partial charge on any atom is 0.136 e. The minimum absolute atomic E-state index is 0.151. The lowest BCUT2D eigenvalue weighted by molar-refractivity contribution is 0.0134. The minimum atomic E-state index is -0.874. The number of aromatic nitrogens is 2. The van der Waals surface area contributed by atoms with Crippen molar-refractivity contribution >= 4 is 16.4 Å². The van der Waals surface area contributed by atoms with Crippen molar-refractivity contribution in [1.29, 1.82) is 0 Å². The summed E-state index contributed by atoms with van der Waals surface area (Å²) >= 11 is 0. The molecule has 2 unspecified atom stereocenters. The Hall–Kier alpha value is -1.20. The summed E-state index contributed by atoms with van der Waals surface area (Å²) in [7, 11) is -0.750. The number of fused-ring (bicyclic) bond motifs is 3. The molecule has 2 aliphatic heterocycles. The van der Waals surface area contributed by atoms with E-state index in [2.05, 4.69) is 4.98 Å². The van der Waals surface area contributed by atoms with Gasteiger partial charge in [0.2, 0.25) is 0 Å². The third-order valence-electron chi connectivity index (χ3n) is 4.49. The van der Waals surface area contributed by atoms with Crippen LogP contribution in [0.1, 0.15) is 31.4 Å². The molecule has 2 aliphatic rings. The molecule has 1 N–H and O–H groups in total. The molecule has 0 spiro atoms. The molecule has 0 aliphatic carbocycles. The lowest BCUT2D eigenvalue weighted by Gasteiger charge is -2.35. The number of aliphatic hydroxyl groups is 1. The number of nitrogens with zero attached hydrogens (tertiary/aromatic N) is 2. The average Bonchev–Trinajstić information content (AvgIpc) is 2.92. The fourth-order valence-corrected chi connectivity index (χ4v) is 5.73. The van der Waals surface area contributed by atoms with Crippen LogP contribution in [-0.2, 0) is 16.4 Å². The van der Waals surface area contributed by atoms with Crippen LogP contribution in [0.15, 0.2) is 30.6 Å². The van der Waals surface area contributed by atoms with Gasteiger partial charge < -0.3 is 9.51 Å². The predicted molar refractivity (Wildman–Crippen MR) is 73.3 cm³/mol. The van der Waals surface area contributed by atoms with Gasteiger partial charge in [-0.1, -0.05) is 6.07 Å². The molecule has 19 heavy (non-hydrogen) atoms. The summed E-state index contributed by atoms with van der Waals surface area (Å²) in [5.41, 5.74) is 0.821. The Morgan fingerprint density at radius 3 is 2.79 bits per heavy atom. The van der Waals surface area contributed by atoms with Crippen LogP contribution in [0.3, 0.4) is 0 Å². The van der Waals surface area contributed by atoms with Gasteiger partial charge in [-0.2, -0.15) is 0 Å². The second-order valence-electron chi connectivity index (χ2n) is 5.66. The molecule has 2 saturated heterocycles. The van der Waals surface area contributed by atoms with Gasteiger partial charge in [-0.05, 0) is 37.8 Å². The van der Waals surface area contributed by atoms with E-state index in [1.54, 1.807) is 6.20 Å². The molecule has 0 saturated carbocycles. The maximum absolute atomic E-state index is 12.1. The molecule has 100 valence electrons. The summed E-state index contributed by atoms with van der Waals surface area (Å²) < 4.78 is 14.0. The summed E-state index contributed by atoms with van der Waals surface area (Å²) in [5, 5.41) is 11.3. The molecule has 5 heteroatoms. The Morgan fingerprint density at radius 2 is 2.05 bits per heavy atom. The van der Waals surface area contributed by atoms with E-state index in [0.717, 1.165) is 24.2 Å². The monoisotopic (exact) mass is 276 g/mol. The smallest absolute Gasteiger partial charge is 0.136 e. The molecule has 2 aromatic rings. The molecule has 4 rings (SSSR count). The quantitative estimate of drug-likeness (QED) is 0.860. The van der Waals surface area contributed by atoms with E-state index in [1.807, 2.05) is 28.8 Å².